The minimum atomic E-state index is -4.72. The molecule has 13 heteroatoms. The number of rotatable bonds is 5. The van der Waals surface area contributed by atoms with Gasteiger partial charge in [-0.1, -0.05) is 24.4 Å². The smallest absolute Gasteiger partial charge is 0.417 e. The van der Waals surface area contributed by atoms with Gasteiger partial charge in [-0.15, -0.1) is 0 Å². The second-order valence-corrected chi connectivity index (χ2v) is 11.8. The van der Waals surface area contributed by atoms with Crippen molar-refractivity contribution in [3.63, 3.8) is 0 Å². The molecule has 2 heterocycles. The van der Waals surface area contributed by atoms with Gasteiger partial charge in [-0.25, -0.2) is 9.59 Å². The summed E-state index contributed by atoms with van der Waals surface area (Å²) in [6.45, 7) is 8.95. The molecular weight excluding hydrogens is 577 g/mol. The maximum Gasteiger partial charge on any atom is 0.417 e. The number of ether oxygens (including phenoxy) is 2. The molecule has 0 saturated carbocycles. The monoisotopic (exact) mass is 608 g/mol. The highest BCUT2D eigenvalue weighted by Gasteiger charge is 2.40. The molecule has 1 saturated heterocycles. The van der Waals surface area contributed by atoms with Crippen molar-refractivity contribution in [3.05, 3.63) is 59.7 Å². The zero-order chi connectivity index (χ0) is 30.8. The number of hydrogen-bond donors (Lipinski definition) is 0. The first-order valence-corrected chi connectivity index (χ1v) is 13.9. The summed E-state index contributed by atoms with van der Waals surface area (Å²) in [5, 5.41) is 0. The fourth-order valence-electron chi connectivity index (χ4n) is 4.46. The Morgan fingerprint density at radius 3 is 2.48 bits per heavy atom. The first-order chi connectivity index (χ1) is 19.7. The molecule has 0 N–H and O–H groups in total. The summed E-state index contributed by atoms with van der Waals surface area (Å²) < 4.78 is 52.8. The van der Waals surface area contributed by atoms with Crippen LogP contribution in [0.3, 0.4) is 0 Å². The average Bonchev–Trinajstić information content (AvgIpc) is 2.94. The fraction of sp³-hybridized carbons (Fsp3) is 0.414. The number of amides is 2. The standard InChI is InChI=1S/C29H31F3N2O7S/c1-17(25(35)34-12-11-33(16-22(34)26(36)38-5)27(37)40-28(2,3)4)18-6-9-24(21(15-18)29(30,31)32)42-20-7-8-23-19(14-20)10-13-39-41-23/h6-9,14-15,22H,1,10-13,16H2,2-5H3. The number of piperazine rings is 1. The number of benzene rings is 2. The highest BCUT2D eigenvalue weighted by molar-refractivity contribution is 7.99. The Balaban J connectivity index is 1.56. The maximum atomic E-state index is 14.2. The van der Waals surface area contributed by atoms with Crippen LogP contribution in [-0.2, 0) is 36.5 Å². The number of hydrogen-bond acceptors (Lipinski definition) is 8. The first kappa shape index (κ1) is 31.2. The van der Waals surface area contributed by atoms with Gasteiger partial charge in [0.25, 0.3) is 5.91 Å². The molecule has 2 amide bonds. The fourth-order valence-corrected chi connectivity index (χ4v) is 5.47. The molecule has 0 radical (unpaired) electrons. The van der Waals surface area contributed by atoms with Gasteiger partial charge in [-0.3, -0.25) is 4.79 Å². The molecule has 0 aromatic heterocycles. The quantitative estimate of drug-likeness (QED) is 0.255. The van der Waals surface area contributed by atoms with Gasteiger partial charge in [0.05, 0.1) is 25.8 Å². The third kappa shape index (κ3) is 7.19. The van der Waals surface area contributed by atoms with Crippen molar-refractivity contribution in [2.45, 2.75) is 54.8 Å². The largest absolute Gasteiger partial charge is 0.467 e. The van der Waals surface area contributed by atoms with E-state index < -0.39 is 41.4 Å². The van der Waals surface area contributed by atoms with E-state index in [1.54, 1.807) is 39.0 Å². The average molecular weight is 609 g/mol. The van der Waals surface area contributed by atoms with Gasteiger partial charge in [-0.05, 0) is 56.7 Å². The van der Waals surface area contributed by atoms with Gasteiger partial charge >= 0.3 is 18.2 Å². The molecule has 1 atom stereocenters. The number of carbonyl (C=O) groups is 3. The molecule has 1 fully saturated rings. The molecule has 1 unspecified atom stereocenters. The highest BCUT2D eigenvalue weighted by Crippen LogP contribution is 2.42. The number of methoxy groups -OCH3 is 1. The van der Waals surface area contributed by atoms with Gasteiger partial charge in [0.15, 0.2) is 5.75 Å². The molecule has 42 heavy (non-hydrogen) atoms. The molecule has 226 valence electrons. The predicted molar refractivity (Wildman–Crippen MR) is 147 cm³/mol. The zero-order valence-electron chi connectivity index (χ0n) is 23.6. The lowest BCUT2D eigenvalue weighted by atomic mass is 10.0. The van der Waals surface area contributed by atoms with Crippen LogP contribution in [0.1, 0.15) is 37.5 Å². The Kier molecular flexibility index (Phi) is 9.12. The topological polar surface area (TPSA) is 94.6 Å². The molecule has 2 aromatic carbocycles. The molecule has 9 nitrogen and oxygen atoms in total. The van der Waals surface area contributed by atoms with Gasteiger partial charge in [0.2, 0.25) is 0 Å². The van der Waals surface area contributed by atoms with Crippen LogP contribution in [0.4, 0.5) is 18.0 Å². The summed E-state index contributed by atoms with van der Waals surface area (Å²) in [6.07, 6.45) is -4.82. The second-order valence-electron chi connectivity index (χ2n) is 10.7. The van der Waals surface area contributed by atoms with Crippen molar-refractivity contribution in [3.8, 4) is 5.75 Å². The van der Waals surface area contributed by atoms with Gasteiger partial charge in [0.1, 0.15) is 11.6 Å². The number of halogens is 3. The van der Waals surface area contributed by atoms with E-state index in [9.17, 15) is 27.6 Å². The van der Waals surface area contributed by atoms with E-state index in [0.717, 1.165) is 35.4 Å². The Morgan fingerprint density at radius 1 is 1.07 bits per heavy atom. The van der Waals surface area contributed by atoms with E-state index in [-0.39, 0.29) is 35.7 Å². The van der Waals surface area contributed by atoms with Crippen LogP contribution in [0.15, 0.2) is 52.8 Å². The van der Waals surface area contributed by atoms with Crippen LogP contribution >= 0.6 is 11.8 Å². The number of carbonyl (C=O) groups excluding carboxylic acids is 3. The lowest BCUT2D eigenvalue weighted by Gasteiger charge is -2.40. The summed E-state index contributed by atoms with van der Waals surface area (Å²) in [5.41, 5.74) is -1.17. The second kappa shape index (κ2) is 12.3. The van der Waals surface area contributed by atoms with Crippen molar-refractivity contribution in [2.24, 2.45) is 0 Å². The lowest BCUT2D eigenvalue weighted by Crippen LogP contribution is -2.60. The zero-order valence-corrected chi connectivity index (χ0v) is 24.4. The summed E-state index contributed by atoms with van der Waals surface area (Å²) in [5.74, 6) is -1.02. The maximum absolute atomic E-state index is 14.2. The van der Waals surface area contributed by atoms with Crippen LogP contribution in [0.2, 0.25) is 0 Å². The Hall–Kier alpha value is -3.71. The third-order valence-electron chi connectivity index (χ3n) is 6.52. The van der Waals surface area contributed by atoms with Crippen LogP contribution in [0, 0.1) is 0 Å². The van der Waals surface area contributed by atoms with Crippen molar-refractivity contribution < 1.29 is 46.8 Å². The van der Waals surface area contributed by atoms with Crippen molar-refractivity contribution >= 4 is 35.3 Å². The van der Waals surface area contributed by atoms with Gasteiger partial charge in [-0.2, -0.15) is 18.1 Å². The van der Waals surface area contributed by atoms with E-state index in [0.29, 0.717) is 23.7 Å². The molecular formula is C29H31F3N2O7S. The molecule has 0 bridgehead atoms. The van der Waals surface area contributed by atoms with Crippen LogP contribution in [0.5, 0.6) is 5.75 Å². The first-order valence-electron chi connectivity index (χ1n) is 13.1. The summed E-state index contributed by atoms with van der Waals surface area (Å²) >= 11 is 0.933. The van der Waals surface area contributed by atoms with Gasteiger partial charge < -0.3 is 24.2 Å². The normalized spacial score (nSPS) is 17.2. The highest BCUT2D eigenvalue weighted by atomic mass is 32.2. The molecule has 2 aromatic rings. The van der Waals surface area contributed by atoms with E-state index in [2.05, 4.69) is 6.58 Å². The molecule has 0 spiro atoms. The SMILES string of the molecule is C=C(C(=O)N1CCN(C(=O)OC(C)(C)C)CC1C(=O)OC)c1ccc(Sc2ccc3c(c2)CCOO3)c(C(F)(F)F)c1. The van der Waals surface area contributed by atoms with Crippen molar-refractivity contribution in [2.75, 3.05) is 33.4 Å². The molecule has 2 aliphatic rings. The predicted octanol–water partition coefficient (Wildman–Crippen LogP) is 5.36. The van der Waals surface area contributed by atoms with Crippen molar-refractivity contribution in [1.82, 2.24) is 9.80 Å². The summed E-state index contributed by atoms with van der Waals surface area (Å²) in [7, 11) is 1.14. The minimum absolute atomic E-state index is 0.0444. The van der Waals surface area contributed by atoms with Crippen LogP contribution in [0.25, 0.3) is 5.57 Å². The number of alkyl halides is 3. The minimum Gasteiger partial charge on any atom is -0.467 e. The Morgan fingerprint density at radius 2 is 1.81 bits per heavy atom. The van der Waals surface area contributed by atoms with Gasteiger partial charge in [0, 0.05) is 40.4 Å². The summed E-state index contributed by atoms with van der Waals surface area (Å²) in [4.78, 5) is 51.7. The van der Waals surface area contributed by atoms with E-state index in [1.807, 2.05) is 0 Å². The third-order valence-corrected chi connectivity index (χ3v) is 7.59. The Bertz CT molecular complexity index is 1390. The summed E-state index contributed by atoms with van der Waals surface area (Å²) in [6, 6.07) is 7.38. The number of fused-ring (bicyclic) bond motifs is 1. The molecule has 2 aliphatic heterocycles. The lowest BCUT2D eigenvalue weighted by molar-refractivity contribution is -0.215. The van der Waals surface area contributed by atoms with Crippen LogP contribution < -0.4 is 4.89 Å². The number of nitrogens with zero attached hydrogens (tertiary/aromatic N) is 2. The molecule has 4 rings (SSSR count). The molecule has 0 aliphatic carbocycles. The number of esters is 1. The van der Waals surface area contributed by atoms with Crippen molar-refractivity contribution in [1.29, 1.82) is 0 Å². The Labute approximate surface area is 245 Å². The van der Waals surface area contributed by atoms with E-state index >= 15 is 0 Å². The van der Waals surface area contributed by atoms with E-state index in [4.69, 9.17) is 19.2 Å². The van der Waals surface area contributed by atoms with Crippen LogP contribution in [-0.4, -0.2) is 72.8 Å². The van der Waals surface area contributed by atoms with E-state index in [1.165, 1.54) is 17.0 Å².